The molecule has 0 unspecified atom stereocenters. The number of para-hydroxylation sites is 1. The van der Waals surface area contributed by atoms with Crippen LogP contribution in [0.15, 0.2) is 53.2 Å². The quantitative estimate of drug-likeness (QED) is 0.851. The smallest absolute Gasteiger partial charge is 0.205 e. The second kappa shape index (κ2) is 4.21. The van der Waals surface area contributed by atoms with Crippen LogP contribution in [-0.4, -0.2) is 0 Å². The fraction of sp³-hybridized carbons (Fsp3) is 0.0714. The Morgan fingerprint density at radius 2 is 2.06 bits per heavy atom. The zero-order chi connectivity index (χ0) is 12.5. The van der Waals surface area contributed by atoms with E-state index in [1.807, 2.05) is 41.8 Å². The summed E-state index contributed by atoms with van der Waals surface area (Å²) >= 11 is 1.62. The molecule has 1 aromatic carbocycles. The summed E-state index contributed by atoms with van der Waals surface area (Å²) in [6.07, 6.45) is 0. The summed E-state index contributed by atoms with van der Waals surface area (Å²) in [4.78, 5) is 1.10. The fourth-order valence-electron chi connectivity index (χ4n) is 2.15. The molecule has 1 atom stereocenters. The van der Waals surface area contributed by atoms with Gasteiger partial charge in [-0.15, -0.1) is 11.3 Å². The Morgan fingerprint density at radius 1 is 1.22 bits per heavy atom. The van der Waals surface area contributed by atoms with E-state index in [2.05, 4.69) is 6.07 Å². The predicted molar refractivity (Wildman–Crippen MR) is 70.1 cm³/mol. The highest BCUT2D eigenvalue weighted by Gasteiger charge is 2.30. The van der Waals surface area contributed by atoms with Crippen molar-refractivity contribution in [3.63, 3.8) is 0 Å². The normalized spacial score (nSPS) is 17.8. The molecule has 0 radical (unpaired) electrons. The van der Waals surface area contributed by atoms with E-state index < -0.39 is 0 Å². The first-order chi connectivity index (χ1) is 8.81. The number of nitrogens with zero attached hydrogens (tertiary/aromatic N) is 1. The van der Waals surface area contributed by atoms with Gasteiger partial charge in [0.05, 0.1) is 5.92 Å². The van der Waals surface area contributed by atoms with Crippen LogP contribution >= 0.6 is 11.3 Å². The minimum atomic E-state index is -0.111. The van der Waals surface area contributed by atoms with Gasteiger partial charge in [-0.1, -0.05) is 24.3 Å². The molecular weight excluding hydrogens is 244 g/mol. The number of thiophene rings is 1. The van der Waals surface area contributed by atoms with E-state index in [9.17, 15) is 5.26 Å². The highest BCUT2D eigenvalue weighted by molar-refractivity contribution is 7.10. The third kappa shape index (κ3) is 1.57. The van der Waals surface area contributed by atoms with Gasteiger partial charge in [0.2, 0.25) is 5.88 Å². The number of benzene rings is 1. The van der Waals surface area contributed by atoms with E-state index >= 15 is 0 Å². The van der Waals surface area contributed by atoms with Crippen molar-refractivity contribution in [1.29, 1.82) is 5.26 Å². The lowest BCUT2D eigenvalue weighted by molar-refractivity contribution is 0.394. The van der Waals surface area contributed by atoms with E-state index in [1.54, 1.807) is 11.3 Å². The molecule has 0 aliphatic carbocycles. The van der Waals surface area contributed by atoms with Gasteiger partial charge in [-0.25, -0.2) is 0 Å². The fourth-order valence-corrected chi connectivity index (χ4v) is 3.01. The third-order valence-electron chi connectivity index (χ3n) is 2.95. The van der Waals surface area contributed by atoms with Crippen molar-refractivity contribution in [3.05, 3.63) is 63.7 Å². The molecule has 4 heteroatoms. The summed E-state index contributed by atoms with van der Waals surface area (Å²) in [5, 5.41) is 11.3. The van der Waals surface area contributed by atoms with E-state index in [4.69, 9.17) is 10.5 Å². The van der Waals surface area contributed by atoms with E-state index in [0.717, 1.165) is 16.2 Å². The van der Waals surface area contributed by atoms with Crippen LogP contribution in [0.3, 0.4) is 0 Å². The Morgan fingerprint density at radius 3 is 2.78 bits per heavy atom. The summed E-state index contributed by atoms with van der Waals surface area (Å²) < 4.78 is 5.50. The maximum Gasteiger partial charge on any atom is 0.205 e. The van der Waals surface area contributed by atoms with Crippen molar-refractivity contribution < 1.29 is 4.74 Å². The molecule has 0 spiro atoms. The van der Waals surface area contributed by atoms with Crippen molar-refractivity contribution >= 4 is 11.3 Å². The van der Waals surface area contributed by atoms with Crippen LogP contribution in [0.4, 0.5) is 0 Å². The second-order valence-electron chi connectivity index (χ2n) is 3.98. The lowest BCUT2D eigenvalue weighted by Gasteiger charge is -2.25. The number of ether oxygens (including phenoxy) is 1. The lowest BCUT2D eigenvalue weighted by Crippen LogP contribution is -2.20. The number of allylic oxidation sites excluding steroid dienone is 1. The molecule has 0 saturated carbocycles. The van der Waals surface area contributed by atoms with Gasteiger partial charge >= 0.3 is 0 Å². The van der Waals surface area contributed by atoms with E-state index in [-0.39, 0.29) is 11.8 Å². The maximum absolute atomic E-state index is 9.29. The molecule has 0 saturated heterocycles. The van der Waals surface area contributed by atoms with Crippen molar-refractivity contribution in [2.45, 2.75) is 5.92 Å². The van der Waals surface area contributed by atoms with E-state index in [0.29, 0.717) is 5.57 Å². The molecule has 1 aliphatic heterocycles. The predicted octanol–water partition coefficient (Wildman–Crippen LogP) is 2.97. The zero-order valence-electron chi connectivity index (χ0n) is 9.46. The van der Waals surface area contributed by atoms with Gasteiger partial charge in [-0.3, -0.25) is 0 Å². The molecule has 18 heavy (non-hydrogen) atoms. The highest BCUT2D eigenvalue weighted by atomic mass is 32.1. The van der Waals surface area contributed by atoms with Crippen molar-refractivity contribution in [2.75, 3.05) is 0 Å². The van der Waals surface area contributed by atoms with Crippen LogP contribution in [0.5, 0.6) is 5.75 Å². The third-order valence-corrected chi connectivity index (χ3v) is 3.89. The SMILES string of the molecule is N#CC1=C(N)Oc2ccccc2[C@@H]1c1cccs1. The molecule has 0 amide bonds. The van der Waals surface area contributed by atoms with Crippen LogP contribution in [0, 0.1) is 11.3 Å². The average Bonchev–Trinajstić information content (AvgIpc) is 2.90. The topological polar surface area (TPSA) is 59.0 Å². The zero-order valence-corrected chi connectivity index (χ0v) is 10.3. The minimum Gasteiger partial charge on any atom is -0.440 e. The summed E-state index contributed by atoms with van der Waals surface area (Å²) in [5.74, 6) is 0.821. The average molecular weight is 254 g/mol. The monoisotopic (exact) mass is 254 g/mol. The molecular formula is C14H10N2OS. The standard InChI is InChI=1S/C14H10N2OS/c15-8-10-13(12-6-3-7-18-12)9-4-1-2-5-11(9)17-14(10)16/h1-7,13H,16H2/t13-/m0/s1. The van der Waals surface area contributed by atoms with Gasteiger partial charge in [0.15, 0.2) is 0 Å². The lowest BCUT2D eigenvalue weighted by atomic mass is 9.88. The summed E-state index contributed by atoms with van der Waals surface area (Å²) in [7, 11) is 0. The molecule has 0 bridgehead atoms. The molecule has 0 fully saturated rings. The number of nitrogens with two attached hydrogens (primary N) is 1. The van der Waals surface area contributed by atoms with Gasteiger partial charge < -0.3 is 10.5 Å². The van der Waals surface area contributed by atoms with Crippen LogP contribution < -0.4 is 10.5 Å². The Bertz CT molecular complexity index is 653. The molecule has 3 rings (SSSR count). The summed E-state index contributed by atoms with van der Waals surface area (Å²) in [6.45, 7) is 0. The van der Waals surface area contributed by atoms with Crippen LogP contribution in [0.25, 0.3) is 0 Å². The van der Waals surface area contributed by atoms with Gasteiger partial charge in [0.1, 0.15) is 17.4 Å². The molecule has 88 valence electrons. The Kier molecular flexibility index (Phi) is 2.54. The first kappa shape index (κ1) is 10.9. The molecule has 1 aromatic heterocycles. The first-order valence-electron chi connectivity index (χ1n) is 5.51. The molecule has 2 N–H and O–H groups in total. The molecule has 1 aliphatic rings. The number of fused-ring (bicyclic) bond motifs is 1. The largest absolute Gasteiger partial charge is 0.440 e. The molecule has 2 heterocycles. The molecule has 3 nitrogen and oxygen atoms in total. The maximum atomic E-state index is 9.29. The van der Waals surface area contributed by atoms with E-state index in [1.165, 1.54) is 0 Å². The van der Waals surface area contributed by atoms with Gasteiger partial charge in [-0.05, 0) is 17.5 Å². The number of hydrogen-bond donors (Lipinski definition) is 1. The van der Waals surface area contributed by atoms with Crippen LogP contribution in [-0.2, 0) is 0 Å². The Balaban J connectivity index is 2.23. The van der Waals surface area contributed by atoms with Crippen molar-refractivity contribution in [3.8, 4) is 11.8 Å². The Hall–Kier alpha value is -2.25. The highest BCUT2D eigenvalue weighted by Crippen LogP contribution is 2.42. The van der Waals surface area contributed by atoms with Gasteiger partial charge in [0.25, 0.3) is 0 Å². The number of rotatable bonds is 1. The summed E-state index contributed by atoms with van der Waals surface area (Å²) in [6, 6.07) is 13.8. The van der Waals surface area contributed by atoms with Gasteiger partial charge in [-0.2, -0.15) is 5.26 Å². The first-order valence-corrected chi connectivity index (χ1v) is 6.39. The second-order valence-corrected chi connectivity index (χ2v) is 4.96. The minimum absolute atomic E-state index is 0.111. The van der Waals surface area contributed by atoms with Crippen LogP contribution in [0.2, 0.25) is 0 Å². The van der Waals surface area contributed by atoms with Crippen molar-refractivity contribution in [1.82, 2.24) is 0 Å². The number of nitriles is 1. The Labute approximate surface area is 109 Å². The number of hydrogen-bond acceptors (Lipinski definition) is 4. The summed E-state index contributed by atoms with van der Waals surface area (Å²) in [5.41, 5.74) is 7.31. The molecule has 2 aromatic rings. The van der Waals surface area contributed by atoms with Gasteiger partial charge in [0, 0.05) is 10.4 Å². The van der Waals surface area contributed by atoms with Crippen molar-refractivity contribution in [2.24, 2.45) is 5.73 Å². The van der Waals surface area contributed by atoms with Crippen LogP contribution in [0.1, 0.15) is 16.4 Å².